The van der Waals surface area contributed by atoms with E-state index in [0.717, 1.165) is 23.8 Å². The molecule has 15 heavy (non-hydrogen) atoms. The normalized spacial score (nSPS) is 31.8. The number of nitrogens with one attached hydrogen (secondary N) is 1. The fourth-order valence-electron chi connectivity index (χ4n) is 2.53. The zero-order chi connectivity index (χ0) is 11.1. The quantitative estimate of drug-likeness (QED) is 0.745. The van der Waals surface area contributed by atoms with Gasteiger partial charge in [0.05, 0.1) is 0 Å². The second-order valence-corrected chi connectivity index (χ2v) is 6.01. The Balaban J connectivity index is 2.40. The molecule has 0 amide bonds. The Bertz CT molecular complexity index is 161. The van der Waals surface area contributed by atoms with Gasteiger partial charge < -0.3 is 5.32 Å². The van der Waals surface area contributed by atoms with E-state index in [1.165, 1.54) is 37.9 Å². The van der Waals surface area contributed by atoms with Crippen LogP contribution in [0.5, 0.6) is 0 Å². The van der Waals surface area contributed by atoms with Gasteiger partial charge in [-0.15, -0.1) is 0 Å². The topological polar surface area (TPSA) is 12.0 Å². The minimum atomic E-state index is 0.786. The summed E-state index contributed by atoms with van der Waals surface area (Å²) in [5.74, 6) is 2.33. The zero-order valence-electron chi connectivity index (χ0n) is 10.6. The van der Waals surface area contributed by atoms with E-state index in [1.807, 2.05) is 0 Å². The third-order valence-corrected chi connectivity index (χ3v) is 5.07. The summed E-state index contributed by atoms with van der Waals surface area (Å²) in [4.78, 5) is 0. The maximum absolute atomic E-state index is 3.67. The van der Waals surface area contributed by atoms with Crippen LogP contribution >= 0.6 is 11.8 Å². The van der Waals surface area contributed by atoms with Crippen LogP contribution in [0.3, 0.4) is 0 Å². The van der Waals surface area contributed by atoms with Crippen molar-refractivity contribution in [2.75, 3.05) is 12.3 Å². The summed E-state index contributed by atoms with van der Waals surface area (Å²) in [7, 11) is 0. The molecular weight excluding hydrogens is 202 g/mol. The third kappa shape index (κ3) is 4.36. The highest BCUT2D eigenvalue weighted by molar-refractivity contribution is 7.99. The van der Waals surface area contributed by atoms with Crippen molar-refractivity contribution in [1.29, 1.82) is 0 Å². The zero-order valence-corrected chi connectivity index (χ0v) is 11.4. The van der Waals surface area contributed by atoms with Crippen molar-refractivity contribution in [2.45, 2.75) is 64.2 Å². The predicted octanol–water partition coefficient (Wildman–Crippen LogP) is 3.69. The van der Waals surface area contributed by atoms with Gasteiger partial charge in [-0.05, 0) is 43.9 Å². The molecule has 90 valence electrons. The van der Waals surface area contributed by atoms with Crippen molar-refractivity contribution < 1.29 is 0 Å². The maximum Gasteiger partial charge on any atom is 0.0203 e. The van der Waals surface area contributed by atoms with Crippen LogP contribution in [0.1, 0.15) is 52.9 Å². The number of hydrogen-bond acceptors (Lipinski definition) is 2. The molecule has 1 rings (SSSR count). The molecule has 1 aliphatic carbocycles. The molecule has 3 atom stereocenters. The van der Waals surface area contributed by atoms with Crippen LogP contribution in [-0.4, -0.2) is 23.6 Å². The Morgan fingerprint density at radius 1 is 1.20 bits per heavy atom. The molecule has 1 aliphatic rings. The lowest BCUT2D eigenvalue weighted by atomic mass is 9.84. The van der Waals surface area contributed by atoms with E-state index in [2.05, 4.69) is 37.8 Å². The average Bonchev–Trinajstić information content (AvgIpc) is 2.28. The molecule has 0 saturated heterocycles. The average molecular weight is 229 g/mol. The lowest BCUT2D eigenvalue weighted by molar-refractivity contribution is 0.298. The molecule has 0 heterocycles. The smallest absolute Gasteiger partial charge is 0.0203 e. The maximum atomic E-state index is 3.67. The first kappa shape index (κ1) is 13.4. The molecule has 0 aliphatic heterocycles. The fraction of sp³-hybridized carbons (Fsp3) is 1.00. The largest absolute Gasteiger partial charge is 0.313 e. The highest BCUT2D eigenvalue weighted by Crippen LogP contribution is 2.34. The third-order valence-electron chi connectivity index (χ3n) is 3.48. The van der Waals surface area contributed by atoms with E-state index < -0.39 is 0 Å². The number of hydrogen-bond donors (Lipinski definition) is 1. The van der Waals surface area contributed by atoms with Crippen LogP contribution in [0.25, 0.3) is 0 Å². The minimum Gasteiger partial charge on any atom is -0.313 e. The predicted molar refractivity (Wildman–Crippen MR) is 71.6 cm³/mol. The summed E-state index contributed by atoms with van der Waals surface area (Å²) in [5, 5.41) is 4.55. The summed E-state index contributed by atoms with van der Waals surface area (Å²) < 4.78 is 0. The molecule has 1 fully saturated rings. The van der Waals surface area contributed by atoms with Gasteiger partial charge in [0.2, 0.25) is 0 Å². The molecule has 2 heteroatoms. The number of rotatable bonds is 6. The van der Waals surface area contributed by atoms with Crippen LogP contribution < -0.4 is 5.32 Å². The molecule has 0 aromatic rings. The molecule has 1 nitrogen and oxygen atoms in total. The first-order chi connectivity index (χ1) is 7.31. The van der Waals surface area contributed by atoms with Crippen molar-refractivity contribution in [1.82, 2.24) is 5.32 Å². The highest BCUT2D eigenvalue weighted by atomic mass is 32.2. The number of thioether (sulfide) groups is 1. The Labute approximate surface area is 99.8 Å². The summed E-state index contributed by atoms with van der Waals surface area (Å²) in [6.07, 6.45) is 6.97. The van der Waals surface area contributed by atoms with E-state index in [-0.39, 0.29) is 0 Å². The summed E-state index contributed by atoms with van der Waals surface area (Å²) in [6, 6.07) is 0.786. The molecule has 0 aromatic carbocycles. The van der Waals surface area contributed by atoms with Crippen LogP contribution in [0.2, 0.25) is 0 Å². The van der Waals surface area contributed by atoms with Gasteiger partial charge in [0, 0.05) is 11.3 Å². The van der Waals surface area contributed by atoms with Crippen molar-refractivity contribution in [3.63, 3.8) is 0 Å². The minimum absolute atomic E-state index is 0.786. The van der Waals surface area contributed by atoms with Crippen LogP contribution in [0.4, 0.5) is 0 Å². The fourth-order valence-corrected chi connectivity index (χ4v) is 3.94. The van der Waals surface area contributed by atoms with Crippen LogP contribution in [0, 0.1) is 5.92 Å². The molecule has 1 saturated carbocycles. The lowest BCUT2D eigenvalue weighted by Crippen LogP contribution is -2.42. The summed E-state index contributed by atoms with van der Waals surface area (Å²) in [5.41, 5.74) is 0. The van der Waals surface area contributed by atoms with E-state index in [4.69, 9.17) is 0 Å². The standard InChI is InChI=1S/C13H27NS/c1-4-9-15-13-10-11(5-2)7-8-12(13)14-6-3/h11-14H,4-10H2,1-3H3. The molecule has 0 aromatic heterocycles. The molecule has 3 unspecified atom stereocenters. The molecule has 1 N–H and O–H groups in total. The van der Waals surface area contributed by atoms with E-state index in [0.29, 0.717) is 0 Å². The van der Waals surface area contributed by atoms with Crippen molar-refractivity contribution in [3.8, 4) is 0 Å². The second-order valence-electron chi connectivity index (χ2n) is 4.66. The lowest BCUT2D eigenvalue weighted by Gasteiger charge is -2.36. The van der Waals surface area contributed by atoms with Crippen LogP contribution in [-0.2, 0) is 0 Å². The van der Waals surface area contributed by atoms with E-state index in [9.17, 15) is 0 Å². The monoisotopic (exact) mass is 229 g/mol. The Hall–Kier alpha value is 0.310. The van der Waals surface area contributed by atoms with Gasteiger partial charge in [0.25, 0.3) is 0 Å². The van der Waals surface area contributed by atoms with Gasteiger partial charge in [-0.1, -0.05) is 27.2 Å². The van der Waals surface area contributed by atoms with Gasteiger partial charge in [-0.2, -0.15) is 11.8 Å². The van der Waals surface area contributed by atoms with Crippen molar-refractivity contribution >= 4 is 11.8 Å². The molecule has 0 bridgehead atoms. The van der Waals surface area contributed by atoms with E-state index in [1.54, 1.807) is 0 Å². The highest BCUT2D eigenvalue weighted by Gasteiger charge is 2.28. The van der Waals surface area contributed by atoms with Crippen LogP contribution in [0.15, 0.2) is 0 Å². The van der Waals surface area contributed by atoms with Gasteiger partial charge in [-0.25, -0.2) is 0 Å². The Morgan fingerprint density at radius 3 is 2.60 bits per heavy atom. The SMILES string of the molecule is CCCSC1CC(CC)CCC1NCC. The van der Waals surface area contributed by atoms with Gasteiger partial charge in [0.15, 0.2) is 0 Å². The van der Waals surface area contributed by atoms with Gasteiger partial charge in [0.1, 0.15) is 0 Å². The molecule has 0 spiro atoms. The van der Waals surface area contributed by atoms with Gasteiger partial charge >= 0.3 is 0 Å². The first-order valence-electron chi connectivity index (χ1n) is 6.66. The van der Waals surface area contributed by atoms with Crippen molar-refractivity contribution in [3.05, 3.63) is 0 Å². The Kier molecular flexibility index (Phi) is 6.74. The van der Waals surface area contributed by atoms with Gasteiger partial charge in [-0.3, -0.25) is 0 Å². The summed E-state index contributed by atoms with van der Waals surface area (Å²) >= 11 is 2.20. The molecule has 0 radical (unpaired) electrons. The molecular formula is C13H27NS. The van der Waals surface area contributed by atoms with E-state index >= 15 is 0 Å². The second kappa shape index (κ2) is 7.56. The first-order valence-corrected chi connectivity index (χ1v) is 7.71. The van der Waals surface area contributed by atoms with Crippen molar-refractivity contribution in [2.24, 2.45) is 5.92 Å². The summed E-state index contributed by atoms with van der Waals surface area (Å²) in [6.45, 7) is 7.99. The Morgan fingerprint density at radius 2 is 2.00 bits per heavy atom.